The molecule has 4 aromatic rings. The summed E-state index contributed by atoms with van der Waals surface area (Å²) in [6.45, 7) is 7.79. The normalized spacial score (nSPS) is 15.0. The highest BCUT2D eigenvalue weighted by atomic mass is 16.3. The van der Waals surface area contributed by atoms with Gasteiger partial charge in [-0.1, -0.05) is 62.4 Å². The van der Waals surface area contributed by atoms with Crippen molar-refractivity contribution in [2.75, 3.05) is 11.9 Å². The van der Waals surface area contributed by atoms with E-state index >= 15 is 0 Å². The number of H-pyrrole nitrogens is 1. The first-order chi connectivity index (χ1) is 17.9. The van der Waals surface area contributed by atoms with Crippen LogP contribution in [-0.2, 0) is 32.2 Å². The van der Waals surface area contributed by atoms with Gasteiger partial charge in [-0.25, -0.2) is 0 Å². The van der Waals surface area contributed by atoms with Gasteiger partial charge in [-0.2, -0.15) is 0 Å². The highest BCUT2D eigenvalue weighted by Gasteiger charge is 2.33. The molecule has 1 unspecified atom stereocenters. The lowest BCUT2D eigenvalue weighted by molar-refractivity contribution is 0.161. The average Bonchev–Trinajstić information content (AvgIpc) is 3.25. The number of rotatable bonds is 9. The minimum atomic E-state index is -0.700. The van der Waals surface area contributed by atoms with E-state index < -0.39 is 6.10 Å². The van der Waals surface area contributed by atoms with E-state index in [2.05, 4.69) is 60.7 Å². The van der Waals surface area contributed by atoms with Crippen LogP contribution >= 0.6 is 0 Å². The number of β-amino-alcohol motifs (C(OH)–C–C–N with tert-alkyl or cyclic N) is 1. The molecule has 5 nitrogen and oxygen atoms in total. The van der Waals surface area contributed by atoms with Gasteiger partial charge in [0.25, 0.3) is 0 Å². The standard InChI is InChI=1S/C32H37N3O2/c1-4-22-15-24-17-32(3,18-25(24)16-23(22)5-2)34-20-29(36)26-11-13-28(31-27(26)12-14-30(37)35-31)33-19-21-9-7-6-8-10-21/h6-16,29,33-34,36H,4-5,17-20H2,1-3H3,(H,35,37). The SMILES string of the molecule is CCc1cc2c(cc1CC)CC(C)(NCC(O)c1ccc(NCc3ccccc3)c3[nH]c(=O)ccc13)C2. The quantitative estimate of drug-likeness (QED) is 0.249. The fourth-order valence-corrected chi connectivity index (χ4v) is 5.76. The van der Waals surface area contributed by atoms with Crippen LogP contribution in [0.1, 0.15) is 60.3 Å². The lowest BCUT2D eigenvalue weighted by atomic mass is 9.96. The zero-order chi connectivity index (χ0) is 26.0. The molecule has 1 heterocycles. The van der Waals surface area contributed by atoms with Crippen molar-refractivity contribution < 1.29 is 5.11 Å². The van der Waals surface area contributed by atoms with Gasteiger partial charge in [0.15, 0.2) is 0 Å². The van der Waals surface area contributed by atoms with Crippen molar-refractivity contribution in [3.8, 4) is 0 Å². The van der Waals surface area contributed by atoms with Crippen LogP contribution < -0.4 is 16.2 Å². The van der Waals surface area contributed by atoms with Crippen molar-refractivity contribution in [2.24, 2.45) is 0 Å². The molecule has 4 N–H and O–H groups in total. The Morgan fingerprint density at radius 2 is 1.62 bits per heavy atom. The van der Waals surface area contributed by atoms with Crippen molar-refractivity contribution in [3.05, 3.63) is 110 Å². The summed E-state index contributed by atoms with van der Waals surface area (Å²) in [5, 5.41) is 19.2. The zero-order valence-corrected chi connectivity index (χ0v) is 22.0. The van der Waals surface area contributed by atoms with Crippen molar-refractivity contribution in [3.63, 3.8) is 0 Å². The summed E-state index contributed by atoms with van der Waals surface area (Å²) >= 11 is 0. The van der Waals surface area contributed by atoms with Crippen LogP contribution in [0.5, 0.6) is 0 Å². The number of nitrogens with one attached hydrogen (secondary N) is 3. The Balaban J connectivity index is 1.33. The van der Waals surface area contributed by atoms with Crippen LogP contribution in [0, 0.1) is 0 Å². The highest BCUT2D eigenvalue weighted by Crippen LogP contribution is 2.34. The predicted octanol–water partition coefficient (Wildman–Crippen LogP) is 5.45. The van der Waals surface area contributed by atoms with E-state index in [4.69, 9.17) is 0 Å². The number of aliphatic hydroxyl groups excluding tert-OH is 1. The monoisotopic (exact) mass is 495 g/mol. The van der Waals surface area contributed by atoms with Crippen molar-refractivity contribution >= 4 is 16.6 Å². The largest absolute Gasteiger partial charge is 0.387 e. The first-order valence-corrected chi connectivity index (χ1v) is 13.4. The first kappa shape index (κ1) is 25.2. The number of aryl methyl sites for hydroxylation is 2. The molecule has 5 heteroatoms. The third-order valence-corrected chi connectivity index (χ3v) is 7.78. The number of aromatic amines is 1. The molecule has 0 amide bonds. The number of hydrogen-bond donors (Lipinski definition) is 4. The Morgan fingerprint density at radius 3 is 2.27 bits per heavy atom. The van der Waals surface area contributed by atoms with Gasteiger partial charge in [-0.15, -0.1) is 0 Å². The molecule has 3 aromatic carbocycles. The summed E-state index contributed by atoms with van der Waals surface area (Å²) in [4.78, 5) is 15.2. The molecule has 37 heavy (non-hydrogen) atoms. The second kappa shape index (κ2) is 10.5. The van der Waals surface area contributed by atoms with Gasteiger partial charge in [0.05, 0.1) is 17.3 Å². The van der Waals surface area contributed by atoms with E-state index in [-0.39, 0.29) is 11.1 Å². The summed E-state index contributed by atoms with van der Waals surface area (Å²) in [5.74, 6) is 0. The second-order valence-corrected chi connectivity index (χ2v) is 10.6. The molecule has 0 spiro atoms. The Kier molecular flexibility index (Phi) is 7.18. The average molecular weight is 496 g/mol. The minimum Gasteiger partial charge on any atom is -0.387 e. The maximum absolute atomic E-state index is 12.2. The zero-order valence-electron chi connectivity index (χ0n) is 22.0. The van der Waals surface area contributed by atoms with Gasteiger partial charge in [-0.3, -0.25) is 4.79 Å². The van der Waals surface area contributed by atoms with Crippen molar-refractivity contribution in [1.82, 2.24) is 10.3 Å². The Hall–Kier alpha value is -3.41. The van der Waals surface area contributed by atoms with Gasteiger partial charge >= 0.3 is 0 Å². The van der Waals surface area contributed by atoms with Gasteiger partial charge in [-0.05, 0) is 78.1 Å². The molecule has 0 fully saturated rings. The third-order valence-electron chi connectivity index (χ3n) is 7.78. The van der Waals surface area contributed by atoms with Crippen molar-refractivity contribution in [2.45, 2.75) is 64.6 Å². The molecule has 192 valence electrons. The van der Waals surface area contributed by atoms with Crippen LogP contribution in [-0.4, -0.2) is 22.2 Å². The summed E-state index contributed by atoms with van der Waals surface area (Å²) in [6, 6.07) is 22.2. The summed E-state index contributed by atoms with van der Waals surface area (Å²) in [5.41, 5.74) is 9.03. The molecule has 0 aliphatic heterocycles. The lowest BCUT2D eigenvalue weighted by Gasteiger charge is -2.27. The van der Waals surface area contributed by atoms with E-state index in [0.717, 1.165) is 53.4 Å². The van der Waals surface area contributed by atoms with E-state index in [0.29, 0.717) is 13.1 Å². The molecular formula is C32H37N3O2. The summed E-state index contributed by atoms with van der Waals surface area (Å²) in [6.07, 6.45) is 3.34. The van der Waals surface area contributed by atoms with Gasteiger partial charge in [0.1, 0.15) is 0 Å². The van der Waals surface area contributed by atoms with Gasteiger partial charge in [0, 0.05) is 30.1 Å². The summed E-state index contributed by atoms with van der Waals surface area (Å²) in [7, 11) is 0. The number of aromatic nitrogens is 1. The molecule has 5 rings (SSSR count). The number of pyridine rings is 1. The lowest BCUT2D eigenvalue weighted by Crippen LogP contribution is -2.45. The topological polar surface area (TPSA) is 77.2 Å². The van der Waals surface area contributed by atoms with E-state index in [1.807, 2.05) is 36.4 Å². The smallest absolute Gasteiger partial charge is 0.248 e. The fraction of sp³-hybridized carbons (Fsp3) is 0.344. The maximum atomic E-state index is 12.2. The van der Waals surface area contributed by atoms with Crippen LogP contribution in [0.3, 0.4) is 0 Å². The van der Waals surface area contributed by atoms with Gasteiger partial charge in [0.2, 0.25) is 5.56 Å². The predicted molar refractivity (Wildman–Crippen MR) is 152 cm³/mol. The molecule has 1 aromatic heterocycles. The van der Waals surface area contributed by atoms with Crippen LogP contribution in [0.2, 0.25) is 0 Å². The van der Waals surface area contributed by atoms with Crippen LogP contribution in [0.15, 0.2) is 71.5 Å². The molecule has 0 saturated carbocycles. The molecule has 0 bridgehead atoms. The fourth-order valence-electron chi connectivity index (χ4n) is 5.76. The molecular weight excluding hydrogens is 458 g/mol. The van der Waals surface area contributed by atoms with E-state index in [9.17, 15) is 9.90 Å². The van der Waals surface area contributed by atoms with Crippen LogP contribution in [0.4, 0.5) is 5.69 Å². The molecule has 1 atom stereocenters. The van der Waals surface area contributed by atoms with Crippen LogP contribution in [0.25, 0.3) is 10.9 Å². The number of fused-ring (bicyclic) bond motifs is 2. The third kappa shape index (κ3) is 5.34. The van der Waals surface area contributed by atoms with Crippen molar-refractivity contribution in [1.29, 1.82) is 0 Å². The molecule has 0 radical (unpaired) electrons. The number of anilines is 1. The number of benzene rings is 3. The second-order valence-electron chi connectivity index (χ2n) is 10.6. The maximum Gasteiger partial charge on any atom is 0.248 e. The highest BCUT2D eigenvalue weighted by molar-refractivity contribution is 5.93. The summed E-state index contributed by atoms with van der Waals surface area (Å²) < 4.78 is 0. The molecule has 0 saturated heterocycles. The Bertz CT molecular complexity index is 1430. The Labute approximate surface area is 219 Å². The molecule has 1 aliphatic rings. The molecule has 1 aliphatic carbocycles. The Morgan fingerprint density at radius 1 is 0.946 bits per heavy atom. The first-order valence-electron chi connectivity index (χ1n) is 13.4. The van der Waals surface area contributed by atoms with E-state index in [1.165, 1.54) is 28.3 Å². The number of hydrogen-bond acceptors (Lipinski definition) is 4. The number of aliphatic hydroxyl groups is 1. The van der Waals surface area contributed by atoms with Gasteiger partial charge < -0.3 is 20.7 Å². The van der Waals surface area contributed by atoms with E-state index in [1.54, 1.807) is 0 Å². The minimum absolute atomic E-state index is 0.0953.